The van der Waals surface area contributed by atoms with Gasteiger partial charge in [0.05, 0.1) is 13.2 Å². The molecule has 2 radical (unpaired) electrons. The van der Waals surface area contributed by atoms with Crippen molar-refractivity contribution in [1.29, 1.82) is 0 Å². The Bertz CT molecular complexity index is 251. The molecule has 6 nitrogen and oxygen atoms in total. The van der Waals surface area contributed by atoms with E-state index in [1.807, 2.05) is 0 Å². The molecule has 0 rings (SSSR count). The van der Waals surface area contributed by atoms with Gasteiger partial charge in [-0.1, -0.05) is 5.11 Å². The van der Waals surface area contributed by atoms with Gasteiger partial charge in [-0.25, -0.2) is 4.39 Å². The lowest BCUT2D eigenvalue weighted by Crippen LogP contribution is -2.47. The van der Waals surface area contributed by atoms with Crippen LogP contribution in [-0.2, 0) is 14.2 Å². The van der Waals surface area contributed by atoms with Crippen molar-refractivity contribution in [1.82, 2.24) is 0 Å². The molecule has 0 spiro atoms. The Labute approximate surface area is 95.1 Å². The molecule has 0 bridgehead atoms. The second kappa shape index (κ2) is 7.46. The van der Waals surface area contributed by atoms with E-state index in [-0.39, 0.29) is 13.2 Å². The molecule has 0 aromatic carbocycles. The lowest BCUT2D eigenvalue weighted by molar-refractivity contribution is -0.144. The first kappa shape index (κ1) is 15.2. The van der Waals surface area contributed by atoms with Crippen molar-refractivity contribution >= 4 is 7.85 Å². The molecule has 8 heteroatoms. The predicted octanol–water partition coefficient (Wildman–Crippen LogP) is 1.15. The molecule has 3 atom stereocenters. The van der Waals surface area contributed by atoms with Crippen molar-refractivity contribution in [3.05, 3.63) is 10.4 Å². The van der Waals surface area contributed by atoms with Gasteiger partial charge in [-0.15, -0.1) is 0 Å². The third-order valence-electron chi connectivity index (χ3n) is 1.87. The zero-order valence-electron chi connectivity index (χ0n) is 9.59. The summed E-state index contributed by atoms with van der Waals surface area (Å²) in [6.45, 7) is 1.03. The Kier molecular flexibility index (Phi) is 7.08. The Morgan fingerprint density at radius 1 is 1.50 bits per heavy atom. The van der Waals surface area contributed by atoms with Gasteiger partial charge < -0.3 is 14.2 Å². The molecule has 0 amide bonds. The zero-order valence-corrected chi connectivity index (χ0v) is 9.59. The molecule has 0 aliphatic rings. The maximum Gasteiger partial charge on any atom is 0.200 e. The first-order valence-corrected chi connectivity index (χ1v) is 4.64. The van der Waals surface area contributed by atoms with Crippen LogP contribution in [0.25, 0.3) is 10.4 Å². The molecule has 0 aliphatic heterocycles. The van der Waals surface area contributed by atoms with Gasteiger partial charge in [0.1, 0.15) is 14.0 Å². The summed E-state index contributed by atoms with van der Waals surface area (Å²) in [6, 6.07) is -0.899. The van der Waals surface area contributed by atoms with Crippen LogP contribution in [0.5, 0.6) is 0 Å². The van der Waals surface area contributed by atoms with Gasteiger partial charge in [0.25, 0.3) is 0 Å². The van der Waals surface area contributed by atoms with Crippen LogP contribution in [0, 0.1) is 0 Å². The molecular formula is C8H15BFN3O3. The van der Waals surface area contributed by atoms with Crippen LogP contribution < -0.4 is 0 Å². The van der Waals surface area contributed by atoms with Crippen molar-refractivity contribution in [3.8, 4) is 0 Å². The van der Waals surface area contributed by atoms with Gasteiger partial charge >= 0.3 is 0 Å². The number of nitrogens with zero attached hydrogens (tertiary/aromatic N) is 3. The van der Waals surface area contributed by atoms with E-state index >= 15 is 0 Å². The smallest absolute Gasteiger partial charge is 0.200 e. The van der Waals surface area contributed by atoms with Gasteiger partial charge in [0.15, 0.2) is 5.72 Å². The molecule has 0 saturated heterocycles. The molecule has 0 N–H and O–H groups in total. The maximum atomic E-state index is 13.4. The predicted molar refractivity (Wildman–Crippen MR) is 56.8 cm³/mol. The summed E-state index contributed by atoms with van der Waals surface area (Å²) in [5, 5.41) is 3.29. The molecule has 0 saturated carbocycles. The van der Waals surface area contributed by atoms with Crippen LogP contribution >= 0.6 is 0 Å². The van der Waals surface area contributed by atoms with E-state index < -0.39 is 17.9 Å². The summed E-state index contributed by atoms with van der Waals surface area (Å²) in [5.74, 6) is 0. The first-order valence-electron chi connectivity index (χ1n) is 4.64. The monoisotopic (exact) mass is 231 g/mol. The second-order valence-electron chi connectivity index (χ2n) is 3.19. The zero-order chi connectivity index (χ0) is 12.6. The molecule has 0 fully saturated rings. The highest BCUT2D eigenvalue weighted by atomic mass is 19.1. The normalized spacial score (nSPS) is 18.2. The second-order valence-corrected chi connectivity index (χ2v) is 3.19. The van der Waals surface area contributed by atoms with Gasteiger partial charge in [-0.05, 0) is 12.5 Å². The average Bonchev–Trinajstić information content (AvgIpc) is 2.18. The van der Waals surface area contributed by atoms with Crippen LogP contribution in [0.3, 0.4) is 0 Å². The summed E-state index contributed by atoms with van der Waals surface area (Å²) in [6.07, 6.45) is -1.56. The highest BCUT2D eigenvalue weighted by Crippen LogP contribution is 2.23. The fourth-order valence-electron chi connectivity index (χ4n) is 1.12. The number of ether oxygens (including phenoxy) is 3. The van der Waals surface area contributed by atoms with E-state index in [4.69, 9.17) is 27.6 Å². The molecule has 0 aromatic rings. The van der Waals surface area contributed by atoms with Crippen LogP contribution in [-0.4, -0.2) is 53.2 Å². The highest BCUT2D eigenvalue weighted by Gasteiger charge is 2.38. The summed E-state index contributed by atoms with van der Waals surface area (Å²) in [4.78, 5) is 2.54. The molecular weight excluding hydrogens is 216 g/mol. The first-order chi connectivity index (χ1) is 7.52. The average molecular weight is 231 g/mol. The molecule has 0 aliphatic carbocycles. The van der Waals surface area contributed by atoms with Crippen LogP contribution in [0.15, 0.2) is 5.11 Å². The van der Waals surface area contributed by atoms with Gasteiger partial charge in [-0.3, -0.25) is 0 Å². The number of methoxy groups -OCH3 is 2. The van der Waals surface area contributed by atoms with Crippen molar-refractivity contribution in [2.45, 2.75) is 24.8 Å². The van der Waals surface area contributed by atoms with E-state index in [9.17, 15) is 4.39 Å². The fraction of sp³-hybridized carbons (Fsp3) is 1.00. The van der Waals surface area contributed by atoms with Gasteiger partial charge in [0.2, 0.25) is 0 Å². The molecule has 90 valence electrons. The third-order valence-corrected chi connectivity index (χ3v) is 1.87. The standard InChI is InChI=1S/C8H15BFN3O3/c1-6(10)8(5-15-3,12-13-11)16-7(9)4-14-2/h6-7H,4-5H2,1-3H3/t6-,7-,8-/m1/s1. The number of halogens is 1. The Morgan fingerprint density at radius 3 is 2.50 bits per heavy atom. The summed E-state index contributed by atoms with van der Waals surface area (Å²) < 4.78 is 28.1. The summed E-state index contributed by atoms with van der Waals surface area (Å²) in [7, 11) is 8.28. The topological polar surface area (TPSA) is 76.5 Å². The van der Waals surface area contributed by atoms with E-state index in [1.54, 1.807) is 0 Å². The Balaban J connectivity index is 4.80. The molecule has 16 heavy (non-hydrogen) atoms. The number of alkyl halides is 1. The van der Waals surface area contributed by atoms with Crippen LogP contribution in [0.1, 0.15) is 6.92 Å². The maximum absolute atomic E-state index is 13.4. The number of rotatable bonds is 8. The van der Waals surface area contributed by atoms with Crippen LogP contribution in [0.2, 0.25) is 0 Å². The summed E-state index contributed by atoms with van der Waals surface area (Å²) >= 11 is 0. The van der Waals surface area contributed by atoms with Crippen molar-refractivity contribution in [2.75, 3.05) is 27.4 Å². The largest absolute Gasteiger partial charge is 0.383 e. The fourth-order valence-corrected chi connectivity index (χ4v) is 1.12. The lowest BCUT2D eigenvalue weighted by Gasteiger charge is -2.32. The number of hydrogen-bond donors (Lipinski definition) is 0. The van der Waals surface area contributed by atoms with Gasteiger partial charge in [0, 0.05) is 25.1 Å². The summed E-state index contributed by atoms with van der Waals surface area (Å²) in [5.41, 5.74) is 6.64. The van der Waals surface area contributed by atoms with E-state index in [2.05, 4.69) is 10.0 Å². The van der Waals surface area contributed by atoms with Crippen molar-refractivity contribution in [2.24, 2.45) is 5.11 Å². The Hall–Kier alpha value is -0.815. The minimum Gasteiger partial charge on any atom is -0.383 e. The highest BCUT2D eigenvalue weighted by molar-refractivity contribution is 6.11. The van der Waals surface area contributed by atoms with E-state index in [1.165, 1.54) is 21.1 Å². The van der Waals surface area contributed by atoms with Crippen molar-refractivity contribution in [3.63, 3.8) is 0 Å². The Morgan fingerprint density at radius 2 is 2.12 bits per heavy atom. The quantitative estimate of drug-likeness (QED) is 0.272. The van der Waals surface area contributed by atoms with Crippen molar-refractivity contribution < 1.29 is 18.6 Å². The van der Waals surface area contributed by atoms with E-state index in [0.717, 1.165) is 0 Å². The molecule has 0 unspecified atom stereocenters. The van der Waals surface area contributed by atoms with E-state index in [0.29, 0.717) is 0 Å². The van der Waals surface area contributed by atoms with Crippen LogP contribution in [0.4, 0.5) is 4.39 Å². The molecule has 0 heterocycles. The van der Waals surface area contributed by atoms with Gasteiger partial charge in [-0.2, -0.15) is 0 Å². The number of azide groups is 1. The minimum atomic E-state index is -1.76. The lowest BCUT2D eigenvalue weighted by atomic mass is 10.00. The SMILES string of the molecule is [B][C@@H](COC)O[C@@](COC)(N=[N+]=[N-])[C@@H](C)F. The number of hydrogen-bond acceptors (Lipinski definition) is 4. The minimum absolute atomic E-state index is 0.0547. The third kappa shape index (κ3) is 4.36. The molecule has 0 aromatic heterocycles.